The fourth-order valence-corrected chi connectivity index (χ4v) is 4.55. The summed E-state index contributed by atoms with van der Waals surface area (Å²) in [5.41, 5.74) is 1.91. The first-order valence-electron chi connectivity index (χ1n) is 9.91. The first kappa shape index (κ1) is 19.6. The van der Waals surface area contributed by atoms with Crippen molar-refractivity contribution in [1.82, 2.24) is 4.90 Å². The van der Waals surface area contributed by atoms with E-state index in [1.165, 1.54) is 11.0 Å². The van der Waals surface area contributed by atoms with Crippen LogP contribution in [0.2, 0.25) is 0 Å². The second-order valence-electron chi connectivity index (χ2n) is 7.55. The van der Waals surface area contributed by atoms with Gasteiger partial charge in [0, 0.05) is 30.6 Å². The number of likely N-dealkylation sites (tertiary alicyclic amines) is 1. The van der Waals surface area contributed by atoms with Crippen LogP contribution in [0.25, 0.3) is 11.1 Å². The molecule has 0 bridgehead atoms. The van der Waals surface area contributed by atoms with Crippen LogP contribution in [0.4, 0.5) is 4.39 Å². The quantitative estimate of drug-likeness (QED) is 0.865. The molecule has 2 saturated heterocycles. The molecule has 5 nitrogen and oxygen atoms in total. The Bertz CT molecular complexity index is 936. The van der Waals surface area contributed by atoms with E-state index in [4.69, 9.17) is 4.74 Å². The lowest BCUT2D eigenvalue weighted by Crippen LogP contribution is -2.66. The second-order valence-corrected chi connectivity index (χ2v) is 7.55. The first-order valence-corrected chi connectivity index (χ1v) is 9.91. The van der Waals surface area contributed by atoms with E-state index in [0.29, 0.717) is 37.2 Å². The number of aliphatic hydroxyl groups is 1. The summed E-state index contributed by atoms with van der Waals surface area (Å²) in [6.07, 6.45) is 1.25. The molecular weight excluding hydrogens is 371 g/mol. The molecule has 0 spiro atoms. The Morgan fingerprint density at radius 3 is 2.45 bits per heavy atom. The molecule has 2 aromatic carbocycles. The maximum absolute atomic E-state index is 14.5. The highest BCUT2D eigenvalue weighted by molar-refractivity contribution is 5.82. The third-order valence-electron chi connectivity index (χ3n) is 6.04. The van der Waals surface area contributed by atoms with Gasteiger partial charge < -0.3 is 14.7 Å². The number of hydrogen-bond acceptors (Lipinski definition) is 4. The Hall–Kier alpha value is -2.75. The van der Waals surface area contributed by atoms with Gasteiger partial charge in [0.2, 0.25) is 5.91 Å². The summed E-state index contributed by atoms with van der Waals surface area (Å²) >= 11 is 0. The van der Waals surface area contributed by atoms with Crippen molar-refractivity contribution in [3.05, 3.63) is 59.9 Å². The average molecular weight is 394 g/mol. The van der Waals surface area contributed by atoms with Crippen molar-refractivity contribution in [2.45, 2.75) is 30.8 Å². The lowest BCUT2D eigenvalue weighted by atomic mass is 9.72. The summed E-state index contributed by atoms with van der Waals surface area (Å²) in [6, 6.07) is 14.9. The standard InChI is InChI=1S/C23H23FN2O3/c24-19-8-4-3-6-17(19)16-5-1-2-7-18(16)22-20(13-25)26(21(22)14-27)23(28)15-9-11-29-12-10-15/h1-8,15,20-22,27H,9-12,14H2/t20-,21-,22+/m1/s1. The summed E-state index contributed by atoms with van der Waals surface area (Å²) in [4.78, 5) is 14.6. The number of amides is 1. The van der Waals surface area contributed by atoms with Gasteiger partial charge in [-0.2, -0.15) is 5.26 Å². The molecule has 2 aromatic rings. The molecule has 4 rings (SSSR count). The van der Waals surface area contributed by atoms with Crippen molar-refractivity contribution < 1.29 is 19.0 Å². The Labute approximate surface area is 169 Å². The summed E-state index contributed by atoms with van der Waals surface area (Å²) in [7, 11) is 0. The minimum atomic E-state index is -0.685. The summed E-state index contributed by atoms with van der Waals surface area (Å²) in [6.45, 7) is 0.818. The normalized spacial score (nSPS) is 24.6. The predicted octanol–water partition coefficient (Wildman–Crippen LogP) is 3.10. The molecule has 0 aromatic heterocycles. The van der Waals surface area contributed by atoms with Gasteiger partial charge >= 0.3 is 0 Å². The van der Waals surface area contributed by atoms with Gasteiger partial charge in [-0.05, 0) is 30.0 Å². The summed E-state index contributed by atoms with van der Waals surface area (Å²) < 4.78 is 19.8. The maximum atomic E-state index is 14.5. The van der Waals surface area contributed by atoms with Gasteiger partial charge in [0.05, 0.1) is 18.7 Å². The minimum Gasteiger partial charge on any atom is -0.394 e. The number of rotatable bonds is 4. The molecule has 0 saturated carbocycles. The van der Waals surface area contributed by atoms with E-state index in [9.17, 15) is 19.6 Å². The predicted molar refractivity (Wildman–Crippen MR) is 105 cm³/mol. The highest BCUT2D eigenvalue weighted by atomic mass is 19.1. The van der Waals surface area contributed by atoms with Gasteiger partial charge in [0.15, 0.2) is 0 Å². The lowest BCUT2D eigenvalue weighted by molar-refractivity contribution is -0.154. The second kappa shape index (κ2) is 8.32. The SMILES string of the molecule is N#C[C@@H]1[C@H](c2ccccc2-c2ccccc2F)[C@@H](CO)N1C(=O)C1CCOCC1. The lowest BCUT2D eigenvalue weighted by Gasteiger charge is -2.53. The highest BCUT2D eigenvalue weighted by Crippen LogP contribution is 2.45. The number of aliphatic hydroxyl groups excluding tert-OH is 1. The van der Waals surface area contributed by atoms with E-state index in [1.807, 2.05) is 24.3 Å². The highest BCUT2D eigenvalue weighted by Gasteiger charge is 2.53. The van der Waals surface area contributed by atoms with Gasteiger partial charge in [0.1, 0.15) is 11.9 Å². The van der Waals surface area contributed by atoms with Crippen LogP contribution >= 0.6 is 0 Å². The van der Waals surface area contributed by atoms with E-state index in [1.54, 1.807) is 18.2 Å². The zero-order valence-electron chi connectivity index (χ0n) is 16.0. The average Bonchev–Trinajstić information content (AvgIpc) is 2.75. The Morgan fingerprint density at radius 2 is 1.79 bits per heavy atom. The molecule has 29 heavy (non-hydrogen) atoms. The van der Waals surface area contributed by atoms with Crippen LogP contribution in [-0.2, 0) is 9.53 Å². The van der Waals surface area contributed by atoms with Crippen LogP contribution in [0.5, 0.6) is 0 Å². The molecule has 6 heteroatoms. The molecule has 150 valence electrons. The first-order chi connectivity index (χ1) is 14.2. The maximum Gasteiger partial charge on any atom is 0.227 e. The van der Waals surface area contributed by atoms with Gasteiger partial charge in [-0.15, -0.1) is 0 Å². The topological polar surface area (TPSA) is 73.6 Å². The number of hydrogen-bond donors (Lipinski definition) is 1. The number of halogens is 1. The molecule has 2 heterocycles. The fourth-order valence-electron chi connectivity index (χ4n) is 4.55. The third kappa shape index (κ3) is 3.41. The monoisotopic (exact) mass is 394 g/mol. The zero-order valence-corrected chi connectivity index (χ0v) is 16.0. The van der Waals surface area contributed by atoms with Crippen LogP contribution in [0.1, 0.15) is 24.3 Å². The minimum absolute atomic E-state index is 0.0986. The zero-order chi connectivity index (χ0) is 20.4. The van der Waals surface area contributed by atoms with E-state index in [-0.39, 0.29) is 30.2 Å². The van der Waals surface area contributed by atoms with Crippen molar-refractivity contribution in [2.24, 2.45) is 5.92 Å². The number of nitriles is 1. The van der Waals surface area contributed by atoms with Crippen molar-refractivity contribution in [3.63, 3.8) is 0 Å². The van der Waals surface area contributed by atoms with Crippen molar-refractivity contribution >= 4 is 5.91 Å². The fraction of sp³-hybridized carbons (Fsp3) is 0.391. The molecule has 1 amide bonds. The number of carbonyl (C=O) groups is 1. The molecule has 0 aliphatic carbocycles. The van der Waals surface area contributed by atoms with Crippen molar-refractivity contribution in [2.75, 3.05) is 19.8 Å². The molecule has 2 aliphatic heterocycles. The molecule has 2 aliphatic rings. The summed E-state index contributed by atoms with van der Waals surface area (Å²) in [5, 5.41) is 19.9. The Kier molecular flexibility index (Phi) is 5.61. The van der Waals surface area contributed by atoms with Crippen molar-refractivity contribution in [1.29, 1.82) is 5.26 Å². The molecule has 0 radical (unpaired) electrons. The molecule has 1 N–H and O–H groups in total. The largest absolute Gasteiger partial charge is 0.394 e. The van der Waals surface area contributed by atoms with Gasteiger partial charge in [-0.25, -0.2) is 4.39 Å². The number of ether oxygens (including phenoxy) is 1. The molecule has 2 fully saturated rings. The Morgan fingerprint density at radius 1 is 1.14 bits per heavy atom. The van der Waals surface area contributed by atoms with Crippen LogP contribution in [0, 0.1) is 23.1 Å². The molecule has 3 atom stereocenters. The van der Waals surface area contributed by atoms with Crippen LogP contribution in [-0.4, -0.2) is 47.8 Å². The molecule has 0 unspecified atom stereocenters. The van der Waals surface area contributed by atoms with E-state index in [0.717, 1.165) is 5.56 Å². The third-order valence-corrected chi connectivity index (χ3v) is 6.04. The smallest absolute Gasteiger partial charge is 0.227 e. The van der Waals surface area contributed by atoms with Crippen LogP contribution in [0.3, 0.4) is 0 Å². The van der Waals surface area contributed by atoms with E-state index in [2.05, 4.69) is 6.07 Å². The molecular formula is C23H23FN2O3. The summed E-state index contributed by atoms with van der Waals surface area (Å²) in [5.74, 6) is -0.997. The number of nitrogens with zero attached hydrogens (tertiary/aromatic N) is 2. The van der Waals surface area contributed by atoms with Crippen molar-refractivity contribution in [3.8, 4) is 17.2 Å². The van der Waals surface area contributed by atoms with E-state index >= 15 is 0 Å². The number of benzene rings is 2. The Balaban J connectivity index is 1.69. The van der Waals surface area contributed by atoms with Gasteiger partial charge in [-0.3, -0.25) is 4.79 Å². The van der Waals surface area contributed by atoms with Gasteiger partial charge in [-0.1, -0.05) is 42.5 Å². The number of carbonyl (C=O) groups excluding carboxylic acids is 1. The van der Waals surface area contributed by atoms with E-state index < -0.39 is 12.1 Å². The van der Waals surface area contributed by atoms with Crippen LogP contribution in [0.15, 0.2) is 48.5 Å². The van der Waals surface area contributed by atoms with Gasteiger partial charge in [0.25, 0.3) is 0 Å². The van der Waals surface area contributed by atoms with Crippen LogP contribution < -0.4 is 0 Å².